The second kappa shape index (κ2) is 6.33. The van der Waals surface area contributed by atoms with Gasteiger partial charge < -0.3 is 5.11 Å². The molecule has 2 rings (SSSR count). The van der Waals surface area contributed by atoms with Gasteiger partial charge in [0.1, 0.15) is 5.75 Å². The van der Waals surface area contributed by atoms with E-state index < -0.39 is 5.91 Å². The molecule has 0 fully saturated rings. The van der Waals surface area contributed by atoms with Crippen molar-refractivity contribution in [3.8, 4) is 5.75 Å². The fraction of sp³-hybridized carbons (Fsp3) is 0. The van der Waals surface area contributed by atoms with Gasteiger partial charge in [0, 0.05) is 9.13 Å². The van der Waals surface area contributed by atoms with Crippen LogP contribution in [-0.4, -0.2) is 17.2 Å². The SMILES string of the molecule is O=C(N/N=C/c1ccccc1I)c1ccccc1O. The van der Waals surface area contributed by atoms with E-state index in [0.717, 1.165) is 9.13 Å². The number of para-hydroxylation sites is 1. The average molecular weight is 366 g/mol. The molecule has 0 aromatic heterocycles. The van der Waals surface area contributed by atoms with E-state index in [-0.39, 0.29) is 11.3 Å². The van der Waals surface area contributed by atoms with Gasteiger partial charge in [-0.1, -0.05) is 30.3 Å². The molecule has 0 aliphatic carbocycles. The molecule has 5 heteroatoms. The van der Waals surface area contributed by atoms with E-state index >= 15 is 0 Å². The molecule has 4 nitrogen and oxygen atoms in total. The fourth-order valence-electron chi connectivity index (χ4n) is 1.47. The van der Waals surface area contributed by atoms with Crippen molar-refractivity contribution in [2.24, 2.45) is 5.10 Å². The zero-order valence-electron chi connectivity index (χ0n) is 9.88. The number of nitrogens with zero attached hydrogens (tertiary/aromatic N) is 1. The molecule has 0 radical (unpaired) electrons. The molecule has 2 aromatic rings. The standard InChI is InChI=1S/C14H11IN2O2/c15-12-7-3-1-5-10(12)9-16-17-14(19)11-6-2-4-8-13(11)18/h1-9,18H,(H,17,19)/b16-9+. The van der Waals surface area contributed by atoms with Gasteiger partial charge in [-0.05, 0) is 40.8 Å². The largest absolute Gasteiger partial charge is 0.507 e. The summed E-state index contributed by atoms with van der Waals surface area (Å²) in [5, 5.41) is 13.4. The smallest absolute Gasteiger partial charge is 0.275 e. The van der Waals surface area contributed by atoms with Gasteiger partial charge in [-0.3, -0.25) is 4.79 Å². The fourth-order valence-corrected chi connectivity index (χ4v) is 1.99. The van der Waals surface area contributed by atoms with Crippen LogP contribution < -0.4 is 5.43 Å². The Balaban J connectivity index is 2.06. The Bertz CT molecular complexity index is 626. The van der Waals surface area contributed by atoms with Crippen LogP contribution >= 0.6 is 22.6 Å². The number of phenols is 1. The summed E-state index contributed by atoms with van der Waals surface area (Å²) in [5.41, 5.74) is 3.50. The molecular formula is C14H11IN2O2. The highest BCUT2D eigenvalue weighted by Crippen LogP contribution is 2.15. The summed E-state index contributed by atoms with van der Waals surface area (Å²) in [6.07, 6.45) is 1.57. The Kier molecular flexibility index (Phi) is 4.51. The maximum atomic E-state index is 11.8. The minimum absolute atomic E-state index is 0.0653. The Morgan fingerprint density at radius 2 is 1.84 bits per heavy atom. The molecule has 0 aliphatic heterocycles. The van der Waals surface area contributed by atoms with Gasteiger partial charge in [0.15, 0.2) is 0 Å². The van der Waals surface area contributed by atoms with Crippen LogP contribution in [0.4, 0.5) is 0 Å². The van der Waals surface area contributed by atoms with E-state index in [0.29, 0.717) is 0 Å². The minimum atomic E-state index is -0.444. The lowest BCUT2D eigenvalue weighted by molar-refractivity contribution is 0.0952. The van der Waals surface area contributed by atoms with Crippen LogP contribution in [0.5, 0.6) is 5.75 Å². The first-order chi connectivity index (χ1) is 9.18. The Hall–Kier alpha value is -1.89. The number of carbonyl (C=O) groups excluding carboxylic acids is 1. The van der Waals surface area contributed by atoms with Crippen LogP contribution in [0.15, 0.2) is 53.6 Å². The van der Waals surface area contributed by atoms with Crippen LogP contribution in [0, 0.1) is 3.57 Å². The number of benzene rings is 2. The number of nitrogens with one attached hydrogen (secondary N) is 1. The molecule has 0 saturated carbocycles. The highest BCUT2D eigenvalue weighted by molar-refractivity contribution is 14.1. The van der Waals surface area contributed by atoms with Gasteiger partial charge in [-0.2, -0.15) is 5.10 Å². The van der Waals surface area contributed by atoms with E-state index in [9.17, 15) is 9.90 Å². The number of rotatable bonds is 3. The zero-order chi connectivity index (χ0) is 13.7. The first-order valence-electron chi connectivity index (χ1n) is 5.54. The van der Waals surface area contributed by atoms with Crippen LogP contribution in [0.2, 0.25) is 0 Å². The number of hydrogen-bond donors (Lipinski definition) is 2. The van der Waals surface area contributed by atoms with Gasteiger partial charge in [0.25, 0.3) is 5.91 Å². The number of carbonyl (C=O) groups is 1. The number of halogens is 1. The molecule has 0 spiro atoms. The molecule has 0 heterocycles. The Morgan fingerprint density at radius 1 is 1.16 bits per heavy atom. The predicted octanol–water partition coefficient (Wildman–Crippen LogP) is 2.76. The molecule has 2 aromatic carbocycles. The predicted molar refractivity (Wildman–Crippen MR) is 82.3 cm³/mol. The van der Waals surface area contributed by atoms with Gasteiger partial charge in [0.05, 0.1) is 11.8 Å². The molecular weight excluding hydrogens is 355 g/mol. The van der Waals surface area contributed by atoms with Gasteiger partial charge in [-0.25, -0.2) is 5.43 Å². The van der Waals surface area contributed by atoms with Crippen molar-refractivity contribution in [3.05, 3.63) is 63.2 Å². The topological polar surface area (TPSA) is 61.7 Å². The van der Waals surface area contributed by atoms with Crippen molar-refractivity contribution < 1.29 is 9.90 Å². The summed E-state index contributed by atoms with van der Waals surface area (Å²) < 4.78 is 1.04. The molecule has 2 N–H and O–H groups in total. The third-order valence-corrected chi connectivity index (χ3v) is 3.41. The van der Waals surface area contributed by atoms with E-state index in [2.05, 4.69) is 33.1 Å². The monoisotopic (exact) mass is 366 g/mol. The van der Waals surface area contributed by atoms with Crippen LogP contribution in [0.25, 0.3) is 0 Å². The average Bonchev–Trinajstić information content (AvgIpc) is 2.41. The summed E-state index contributed by atoms with van der Waals surface area (Å²) in [7, 11) is 0. The van der Waals surface area contributed by atoms with E-state index in [1.807, 2.05) is 24.3 Å². The van der Waals surface area contributed by atoms with Gasteiger partial charge in [-0.15, -0.1) is 0 Å². The quantitative estimate of drug-likeness (QED) is 0.499. The molecule has 0 unspecified atom stereocenters. The third kappa shape index (κ3) is 3.54. The first kappa shape index (κ1) is 13.5. The molecule has 19 heavy (non-hydrogen) atoms. The minimum Gasteiger partial charge on any atom is -0.507 e. The van der Waals surface area contributed by atoms with Crippen molar-refractivity contribution in [2.75, 3.05) is 0 Å². The normalized spacial score (nSPS) is 10.6. The number of hydrazone groups is 1. The lowest BCUT2D eigenvalue weighted by Gasteiger charge is -2.02. The highest BCUT2D eigenvalue weighted by Gasteiger charge is 2.08. The van der Waals surface area contributed by atoms with Crippen molar-refractivity contribution in [1.82, 2.24) is 5.43 Å². The Morgan fingerprint density at radius 3 is 2.58 bits per heavy atom. The molecule has 1 amide bonds. The lowest BCUT2D eigenvalue weighted by atomic mass is 10.2. The van der Waals surface area contributed by atoms with E-state index in [1.165, 1.54) is 12.1 Å². The van der Waals surface area contributed by atoms with Crippen molar-refractivity contribution >= 4 is 34.7 Å². The van der Waals surface area contributed by atoms with Crippen molar-refractivity contribution in [2.45, 2.75) is 0 Å². The molecule has 96 valence electrons. The number of hydrogen-bond acceptors (Lipinski definition) is 3. The number of phenolic OH excluding ortho intramolecular Hbond substituents is 1. The maximum Gasteiger partial charge on any atom is 0.275 e. The first-order valence-corrected chi connectivity index (χ1v) is 6.62. The molecule has 0 bridgehead atoms. The van der Waals surface area contributed by atoms with E-state index in [4.69, 9.17) is 0 Å². The third-order valence-electron chi connectivity index (χ3n) is 2.42. The number of aromatic hydroxyl groups is 1. The van der Waals surface area contributed by atoms with Crippen LogP contribution in [0.1, 0.15) is 15.9 Å². The van der Waals surface area contributed by atoms with Crippen molar-refractivity contribution in [1.29, 1.82) is 0 Å². The molecule has 0 atom stereocenters. The molecule has 0 aliphatic rings. The zero-order valence-corrected chi connectivity index (χ0v) is 12.0. The van der Waals surface area contributed by atoms with Crippen molar-refractivity contribution in [3.63, 3.8) is 0 Å². The molecule has 0 saturated heterocycles. The van der Waals surface area contributed by atoms with Gasteiger partial charge >= 0.3 is 0 Å². The van der Waals surface area contributed by atoms with E-state index in [1.54, 1.807) is 18.3 Å². The Labute approximate surface area is 124 Å². The summed E-state index contributed by atoms with van der Waals surface area (Å²) in [5.74, 6) is -0.509. The summed E-state index contributed by atoms with van der Waals surface area (Å²) in [6.45, 7) is 0. The second-order valence-corrected chi connectivity index (χ2v) is 4.90. The second-order valence-electron chi connectivity index (χ2n) is 3.74. The summed E-state index contributed by atoms with van der Waals surface area (Å²) in [4.78, 5) is 11.8. The number of amides is 1. The summed E-state index contributed by atoms with van der Waals surface area (Å²) >= 11 is 2.19. The lowest BCUT2D eigenvalue weighted by Crippen LogP contribution is -2.17. The van der Waals surface area contributed by atoms with Crippen LogP contribution in [-0.2, 0) is 0 Å². The summed E-state index contributed by atoms with van der Waals surface area (Å²) in [6, 6.07) is 14.0. The highest BCUT2D eigenvalue weighted by atomic mass is 127. The maximum absolute atomic E-state index is 11.8. The van der Waals surface area contributed by atoms with Gasteiger partial charge in [0.2, 0.25) is 0 Å². The van der Waals surface area contributed by atoms with Crippen LogP contribution in [0.3, 0.4) is 0 Å².